The van der Waals surface area contributed by atoms with E-state index in [2.05, 4.69) is 13.2 Å². The number of amides is 2. The van der Waals surface area contributed by atoms with Crippen LogP contribution in [0, 0.1) is 11.8 Å². The summed E-state index contributed by atoms with van der Waals surface area (Å²) in [5.74, 6) is -2.18. The Labute approximate surface area is 236 Å². The first-order valence-electron chi connectivity index (χ1n) is 14.3. The second kappa shape index (κ2) is 12.1. The minimum atomic E-state index is -1.20. The molecule has 0 radical (unpaired) electrons. The molecule has 3 aliphatic heterocycles. The average Bonchev–Trinajstić information content (AvgIpc) is 3.58. The molecular weight excluding hydrogens is 512 g/mol. The van der Waals surface area contributed by atoms with Crippen molar-refractivity contribution in [1.82, 2.24) is 4.90 Å². The number of carbonyl (C=O) groups excluding carboxylic acids is 3. The zero-order chi connectivity index (χ0) is 29.1. The number of rotatable bonds is 14. The number of benzene rings is 1. The van der Waals surface area contributed by atoms with Gasteiger partial charge in [-0.15, -0.1) is 13.2 Å². The van der Waals surface area contributed by atoms with Crippen LogP contribution in [0.2, 0.25) is 0 Å². The van der Waals surface area contributed by atoms with Gasteiger partial charge in [-0.2, -0.15) is 0 Å². The van der Waals surface area contributed by atoms with Crippen LogP contribution in [-0.2, 0) is 23.9 Å². The van der Waals surface area contributed by atoms with E-state index in [1.807, 2.05) is 13.8 Å². The van der Waals surface area contributed by atoms with Crippen LogP contribution in [0.3, 0.4) is 0 Å². The molecule has 2 bridgehead atoms. The Morgan fingerprint density at radius 1 is 1.23 bits per heavy atom. The Balaban J connectivity index is 1.78. The highest BCUT2D eigenvalue weighted by molar-refractivity contribution is 6.05. The predicted octanol–water partition coefficient (Wildman–Crippen LogP) is 3.65. The van der Waals surface area contributed by atoms with E-state index >= 15 is 0 Å². The largest absolute Gasteiger partial charge is 0.497 e. The number of likely N-dealkylation sites (tertiary alicyclic amines) is 1. The summed E-state index contributed by atoms with van der Waals surface area (Å²) < 4.78 is 17.8. The summed E-state index contributed by atoms with van der Waals surface area (Å²) in [6.07, 6.45) is 6.69. The van der Waals surface area contributed by atoms with Crippen LogP contribution >= 0.6 is 0 Å². The van der Waals surface area contributed by atoms with Crippen molar-refractivity contribution >= 4 is 23.5 Å². The number of hydrogen-bond acceptors (Lipinski definition) is 7. The number of methoxy groups -OCH3 is 1. The first-order chi connectivity index (χ1) is 19.3. The number of anilines is 1. The third-order valence-electron chi connectivity index (χ3n) is 8.94. The van der Waals surface area contributed by atoms with Gasteiger partial charge in [-0.05, 0) is 62.8 Å². The maximum atomic E-state index is 14.6. The first kappa shape index (κ1) is 29.8. The predicted molar refractivity (Wildman–Crippen MR) is 151 cm³/mol. The van der Waals surface area contributed by atoms with Gasteiger partial charge in [-0.3, -0.25) is 14.4 Å². The van der Waals surface area contributed by atoms with E-state index in [1.165, 1.54) is 4.90 Å². The van der Waals surface area contributed by atoms with Crippen LogP contribution in [0.25, 0.3) is 0 Å². The summed E-state index contributed by atoms with van der Waals surface area (Å²) in [6.45, 7) is 11.5. The number of allylic oxidation sites excluding steroid dienone is 1. The van der Waals surface area contributed by atoms with Crippen molar-refractivity contribution in [2.45, 2.75) is 75.7 Å². The lowest BCUT2D eigenvalue weighted by Crippen LogP contribution is -2.59. The normalized spacial score (nSPS) is 29.1. The van der Waals surface area contributed by atoms with Crippen LogP contribution in [0.4, 0.5) is 5.69 Å². The number of esters is 1. The molecule has 1 spiro atoms. The number of hydrogen-bond donors (Lipinski definition) is 1. The lowest BCUT2D eigenvalue weighted by molar-refractivity contribution is -0.162. The first-order valence-corrected chi connectivity index (χ1v) is 14.3. The van der Waals surface area contributed by atoms with E-state index in [1.54, 1.807) is 48.4 Å². The zero-order valence-corrected chi connectivity index (χ0v) is 23.8. The second-order valence-electron chi connectivity index (χ2n) is 10.9. The van der Waals surface area contributed by atoms with Crippen molar-refractivity contribution < 1.29 is 33.7 Å². The van der Waals surface area contributed by atoms with Gasteiger partial charge >= 0.3 is 5.97 Å². The van der Waals surface area contributed by atoms with Crippen molar-refractivity contribution in [1.29, 1.82) is 0 Å². The van der Waals surface area contributed by atoms with E-state index in [9.17, 15) is 19.5 Å². The molecule has 0 aliphatic carbocycles. The van der Waals surface area contributed by atoms with Crippen molar-refractivity contribution in [2.24, 2.45) is 11.8 Å². The lowest BCUT2D eigenvalue weighted by atomic mass is 9.65. The fourth-order valence-corrected chi connectivity index (χ4v) is 6.95. The van der Waals surface area contributed by atoms with Gasteiger partial charge in [-0.1, -0.05) is 26.0 Å². The van der Waals surface area contributed by atoms with Crippen molar-refractivity contribution in [2.75, 3.05) is 31.8 Å². The maximum absolute atomic E-state index is 14.6. The van der Waals surface area contributed by atoms with Crippen LogP contribution in [0.15, 0.2) is 49.6 Å². The number of ether oxygens (including phenoxy) is 3. The van der Waals surface area contributed by atoms with Gasteiger partial charge in [0.15, 0.2) is 0 Å². The molecule has 0 saturated carbocycles. The summed E-state index contributed by atoms with van der Waals surface area (Å²) in [5, 5.41) is 10.3. The Morgan fingerprint density at radius 2 is 1.95 bits per heavy atom. The quantitative estimate of drug-likeness (QED) is 0.213. The van der Waals surface area contributed by atoms with Crippen LogP contribution in [-0.4, -0.2) is 77.9 Å². The van der Waals surface area contributed by atoms with E-state index in [0.29, 0.717) is 50.0 Å². The Hall–Kier alpha value is -3.17. The van der Waals surface area contributed by atoms with Gasteiger partial charge < -0.3 is 29.1 Å². The zero-order valence-electron chi connectivity index (χ0n) is 23.8. The van der Waals surface area contributed by atoms with E-state index in [-0.39, 0.29) is 31.6 Å². The highest BCUT2D eigenvalue weighted by Crippen LogP contribution is 2.65. The number of fused-ring (bicyclic) bond motifs is 1. The van der Waals surface area contributed by atoms with E-state index in [4.69, 9.17) is 14.2 Å². The topological polar surface area (TPSA) is 106 Å². The summed E-state index contributed by atoms with van der Waals surface area (Å²) in [5.41, 5.74) is -1.47. The Morgan fingerprint density at radius 3 is 2.52 bits per heavy atom. The number of aliphatic hydroxyl groups is 1. The van der Waals surface area contributed by atoms with E-state index < -0.39 is 41.1 Å². The van der Waals surface area contributed by atoms with Crippen molar-refractivity contribution in [3.05, 3.63) is 49.6 Å². The molecule has 9 nitrogen and oxygen atoms in total. The summed E-state index contributed by atoms with van der Waals surface area (Å²) in [7, 11) is 1.57. The standard InChI is InChI=1S/C31H42N2O7/c1-6-10-11-19-39-29(37)25-24-27(35)33(21(8-3)20-34)26(31(24)17-16-30(25,9-4)40-31)28(36)32(18-7-2)22-12-14-23(38-5)15-13-22/h6-7,12-15,21,24-26,34H,1-2,8-11,16-20H2,3-5H3/t21-,24-,25-,26?,30+,31?/m0/s1. The molecule has 6 atom stereocenters. The molecule has 1 aromatic carbocycles. The third-order valence-corrected chi connectivity index (χ3v) is 8.94. The number of unbranched alkanes of at least 4 members (excludes halogenated alkanes) is 1. The molecule has 3 heterocycles. The molecular formula is C31H42N2O7. The lowest BCUT2D eigenvalue weighted by Gasteiger charge is -2.39. The van der Waals surface area contributed by atoms with Crippen LogP contribution in [0.5, 0.6) is 5.75 Å². The Kier molecular flexibility index (Phi) is 9.05. The fourth-order valence-electron chi connectivity index (χ4n) is 6.95. The number of nitrogens with zero attached hydrogens (tertiary/aromatic N) is 2. The molecule has 1 N–H and O–H groups in total. The third kappa shape index (κ3) is 4.73. The molecule has 3 saturated heterocycles. The smallest absolute Gasteiger partial charge is 0.312 e. The molecule has 2 amide bonds. The number of carbonyl (C=O) groups is 3. The van der Waals surface area contributed by atoms with Gasteiger partial charge in [0.1, 0.15) is 23.3 Å². The van der Waals surface area contributed by atoms with Crippen LogP contribution in [0.1, 0.15) is 52.4 Å². The van der Waals surface area contributed by atoms with E-state index in [0.717, 1.165) is 0 Å². The average molecular weight is 555 g/mol. The monoisotopic (exact) mass is 554 g/mol. The summed E-state index contributed by atoms with van der Waals surface area (Å²) >= 11 is 0. The van der Waals surface area contributed by atoms with Gasteiger partial charge in [-0.25, -0.2) is 0 Å². The fraction of sp³-hybridized carbons (Fsp3) is 0.581. The van der Waals surface area contributed by atoms with Gasteiger partial charge in [0.25, 0.3) is 5.91 Å². The summed E-state index contributed by atoms with van der Waals surface area (Å²) in [4.78, 5) is 45.6. The second-order valence-corrected chi connectivity index (χ2v) is 10.9. The highest BCUT2D eigenvalue weighted by Gasteiger charge is 2.79. The van der Waals surface area contributed by atoms with Crippen molar-refractivity contribution in [3.63, 3.8) is 0 Å². The molecule has 3 fully saturated rings. The molecule has 9 heteroatoms. The minimum Gasteiger partial charge on any atom is -0.497 e. The van der Waals surface area contributed by atoms with Gasteiger partial charge in [0, 0.05) is 12.2 Å². The summed E-state index contributed by atoms with van der Waals surface area (Å²) in [6, 6.07) is 5.47. The molecule has 3 aliphatic rings. The highest BCUT2D eigenvalue weighted by atomic mass is 16.6. The van der Waals surface area contributed by atoms with Crippen LogP contribution < -0.4 is 9.64 Å². The van der Waals surface area contributed by atoms with Gasteiger partial charge in [0.2, 0.25) is 5.91 Å². The molecule has 218 valence electrons. The number of aliphatic hydroxyl groups excluding tert-OH is 1. The van der Waals surface area contributed by atoms with Gasteiger partial charge in [0.05, 0.1) is 37.9 Å². The van der Waals surface area contributed by atoms with Crippen molar-refractivity contribution in [3.8, 4) is 5.75 Å². The molecule has 40 heavy (non-hydrogen) atoms. The Bertz CT molecular complexity index is 1120. The molecule has 1 aromatic rings. The molecule has 4 rings (SSSR count). The minimum absolute atomic E-state index is 0.202. The molecule has 0 aromatic heterocycles. The molecule has 2 unspecified atom stereocenters. The maximum Gasteiger partial charge on any atom is 0.312 e. The SMILES string of the molecule is C=CCCCOC(=O)[C@@H]1[C@H]2C(=O)N([C@@H](CC)CO)C(C(=O)N(CC=C)c3ccc(OC)cc3)C23CC[C@@]1(CC)O3.